The predicted molar refractivity (Wildman–Crippen MR) is 84.8 cm³/mol. The van der Waals surface area contributed by atoms with Gasteiger partial charge in [0.25, 0.3) is 0 Å². The lowest BCUT2D eigenvalue weighted by atomic mass is 9.93. The van der Waals surface area contributed by atoms with Crippen LogP contribution in [0.3, 0.4) is 0 Å². The zero-order valence-corrected chi connectivity index (χ0v) is 13.6. The SMILES string of the molecule is C[C@H]1C[C@H](N[S+]([O-])C(C)(C)C)c2ccccc2N1C(=O)O. The molecule has 2 rings (SSSR count). The van der Waals surface area contributed by atoms with Gasteiger partial charge in [-0.25, -0.2) is 4.79 Å². The van der Waals surface area contributed by atoms with Crippen molar-refractivity contribution in [2.75, 3.05) is 4.90 Å². The molecule has 1 aliphatic rings. The summed E-state index contributed by atoms with van der Waals surface area (Å²) in [5.41, 5.74) is 1.56. The normalized spacial score (nSPS) is 23.6. The van der Waals surface area contributed by atoms with E-state index in [0.29, 0.717) is 12.1 Å². The number of nitrogens with zero attached hydrogens (tertiary/aromatic N) is 1. The van der Waals surface area contributed by atoms with Gasteiger partial charge in [-0.1, -0.05) is 18.2 Å². The third-order valence-electron chi connectivity index (χ3n) is 3.60. The Morgan fingerprint density at radius 2 is 2.05 bits per heavy atom. The molecular weight excluding hydrogens is 288 g/mol. The average molecular weight is 310 g/mol. The summed E-state index contributed by atoms with van der Waals surface area (Å²) in [7, 11) is 0. The van der Waals surface area contributed by atoms with Crippen LogP contribution in [0.5, 0.6) is 0 Å². The van der Waals surface area contributed by atoms with Crippen LogP contribution in [-0.4, -0.2) is 26.5 Å². The van der Waals surface area contributed by atoms with Gasteiger partial charge in [-0.3, -0.25) is 4.90 Å². The molecule has 116 valence electrons. The van der Waals surface area contributed by atoms with Crippen molar-refractivity contribution < 1.29 is 14.5 Å². The van der Waals surface area contributed by atoms with Gasteiger partial charge < -0.3 is 9.66 Å². The summed E-state index contributed by atoms with van der Waals surface area (Å²) in [5, 5.41) is 9.40. The van der Waals surface area contributed by atoms with Gasteiger partial charge in [0.15, 0.2) is 0 Å². The number of anilines is 1. The molecule has 1 aromatic rings. The molecule has 0 saturated carbocycles. The first kappa shape index (κ1) is 16.1. The van der Waals surface area contributed by atoms with Crippen molar-refractivity contribution in [3.05, 3.63) is 29.8 Å². The minimum Gasteiger partial charge on any atom is -0.598 e. The fourth-order valence-electron chi connectivity index (χ4n) is 2.52. The zero-order chi connectivity index (χ0) is 15.8. The van der Waals surface area contributed by atoms with Crippen LogP contribution in [0.2, 0.25) is 0 Å². The van der Waals surface area contributed by atoms with Crippen LogP contribution in [0.4, 0.5) is 10.5 Å². The van der Waals surface area contributed by atoms with E-state index in [4.69, 9.17) is 0 Å². The Morgan fingerprint density at radius 3 is 2.62 bits per heavy atom. The van der Waals surface area contributed by atoms with Crippen LogP contribution in [0.1, 0.15) is 45.7 Å². The monoisotopic (exact) mass is 310 g/mol. The van der Waals surface area contributed by atoms with Crippen LogP contribution in [-0.2, 0) is 11.4 Å². The van der Waals surface area contributed by atoms with Crippen molar-refractivity contribution in [1.29, 1.82) is 0 Å². The molecular formula is C15H22N2O3S. The van der Waals surface area contributed by atoms with Crippen LogP contribution < -0.4 is 9.62 Å². The van der Waals surface area contributed by atoms with Crippen molar-refractivity contribution in [1.82, 2.24) is 4.72 Å². The van der Waals surface area contributed by atoms with Gasteiger partial charge in [0, 0.05) is 17.4 Å². The second-order valence-electron chi connectivity index (χ2n) is 6.35. The van der Waals surface area contributed by atoms with Crippen molar-refractivity contribution in [2.24, 2.45) is 0 Å². The topological polar surface area (TPSA) is 75.6 Å². The molecule has 0 radical (unpaired) electrons. The highest BCUT2D eigenvalue weighted by atomic mass is 32.2. The molecule has 0 aromatic heterocycles. The van der Waals surface area contributed by atoms with Gasteiger partial charge in [-0.2, -0.15) is 0 Å². The number of carbonyl (C=O) groups is 1. The molecule has 0 fully saturated rings. The molecule has 0 saturated heterocycles. The first-order chi connectivity index (χ1) is 9.71. The third-order valence-corrected chi connectivity index (χ3v) is 5.21. The number of hydrogen-bond donors (Lipinski definition) is 2. The van der Waals surface area contributed by atoms with Gasteiger partial charge in [0.1, 0.15) is 4.75 Å². The molecule has 0 aliphatic carbocycles. The molecule has 5 nitrogen and oxygen atoms in total. The van der Waals surface area contributed by atoms with Gasteiger partial charge in [-0.05, 0) is 45.7 Å². The Labute approximate surface area is 128 Å². The second-order valence-corrected chi connectivity index (χ2v) is 8.35. The molecule has 1 aromatic carbocycles. The highest BCUT2D eigenvalue weighted by Gasteiger charge is 2.37. The molecule has 3 atom stereocenters. The number of fused-ring (bicyclic) bond motifs is 1. The zero-order valence-electron chi connectivity index (χ0n) is 12.8. The summed E-state index contributed by atoms with van der Waals surface area (Å²) in [5.74, 6) is 0. The third kappa shape index (κ3) is 3.33. The maximum atomic E-state index is 12.3. The van der Waals surface area contributed by atoms with Crippen molar-refractivity contribution >= 4 is 23.1 Å². The minimum absolute atomic E-state index is 0.105. The Bertz CT molecular complexity index is 530. The molecule has 0 spiro atoms. The van der Waals surface area contributed by atoms with E-state index in [1.807, 2.05) is 45.9 Å². The van der Waals surface area contributed by atoms with Crippen LogP contribution >= 0.6 is 0 Å². The van der Waals surface area contributed by atoms with E-state index in [9.17, 15) is 14.5 Å². The van der Waals surface area contributed by atoms with E-state index in [1.54, 1.807) is 6.07 Å². The summed E-state index contributed by atoms with van der Waals surface area (Å²) in [6.45, 7) is 7.62. The first-order valence-electron chi connectivity index (χ1n) is 7.01. The molecule has 6 heteroatoms. The highest BCUT2D eigenvalue weighted by Crippen LogP contribution is 2.37. The van der Waals surface area contributed by atoms with Gasteiger partial charge in [-0.15, -0.1) is 4.72 Å². The van der Waals surface area contributed by atoms with E-state index in [2.05, 4.69) is 4.72 Å². The fraction of sp³-hybridized carbons (Fsp3) is 0.533. The van der Waals surface area contributed by atoms with E-state index in [1.165, 1.54) is 4.90 Å². The van der Waals surface area contributed by atoms with E-state index >= 15 is 0 Å². The van der Waals surface area contributed by atoms with Crippen LogP contribution in [0, 0.1) is 0 Å². The standard InChI is InChI=1S/C15H22N2O3S/c1-10-9-12(16-21(20)15(2,3)4)11-7-5-6-8-13(11)17(10)14(18)19/h5-8,10,12,16H,9H2,1-4H3,(H,18,19)/t10-,12-,21?/m0/s1. The lowest BCUT2D eigenvalue weighted by molar-refractivity contribution is 0.197. The van der Waals surface area contributed by atoms with E-state index in [0.717, 1.165) is 5.56 Å². The number of para-hydroxylation sites is 1. The molecule has 21 heavy (non-hydrogen) atoms. The van der Waals surface area contributed by atoms with Crippen molar-refractivity contribution in [3.63, 3.8) is 0 Å². The maximum absolute atomic E-state index is 12.3. The summed E-state index contributed by atoms with van der Waals surface area (Å²) in [6, 6.07) is 7.13. The van der Waals surface area contributed by atoms with Gasteiger partial charge in [0.05, 0.1) is 11.7 Å². The lowest BCUT2D eigenvalue weighted by Crippen LogP contribution is -2.48. The summed E-state index contributed by atoms with van der Waals surface area (Å²) >= 11 is -1.19. The number of nitrogens with one attached hydrogen (secondary N) is 1. The molecule has 1 amide bonds. The smallest absolute Gasteiger partial charge is 0.412 e. The van der Waals surface area contributed by atoms with E-state index < -0.39 is 17.5 Å². The number of amides is 1. The molecule has 1 heterocycles. The second kappa shape index (κ2) is 5.87. The maximum Gasteiger partial charge on any atom is 0.412 e. The predicted octanol–water partition coefficient (Wildman–Crippen LogP) is 3.06. The largest absolute Gasteiger partial charge is 0.598 e. The first-order valence-corrected chi connectivity index (χ1v) is 8.16. The Balaban J connectivity index is 2.33. The van der Waals surface area contributed by atoms with Crippen molar-refractivity contribution in [2.45, 2.75) is 50.9 Å². The Kier molecular flexibility index (Phi) is 4.51. The molecule has 2 N–H and O–H groups in total. The van der Waals surface area contributed by atoms with E-state index in [-0.39, 0.29) is 16.8 Å². The lowest BCUT2D eigenvalue weighted by Gasteiger charge is -2.38. The summed E-state index contributed by atoms with van der Waals surface area (Å²) in [4.78, 5) is 12.8. The summed E-state index contributed by atoms with van der Waals surface area (Å²) in [6.07, 6.45) is -0.351. The molecule has 1 unspecified atom stereocenters. The number of carboxylic acid groups (broad SMARTS) is 1. The van der Waals surface area contributed by atoms with Gasteiger partial charge >= 0.3 is 6.09 Å². The summed E-state index contributed by atoms with van der Waals surface area (Å²) < 4.78 is 15.1. The molecule has 1 aliphatic heterocycles. The minimum atomic E-state index is -1.19. The van der Waals surface area contributed by atoms with Gasteiger partial charge in [0.2, 0.25) is 0 Å². The van der Waals surface area contributed by atoms with Crippen LogP contribution in [0.25, 0.3) is 0 Å². The quantitative estimate of drug-likeness (QED) is 0.823. The number of hydrogen-bond acceptors (Lipinski definition) is 3. The highest BCUT2D eigenvalue weighted by molar-refractivity contribution is 7.90. The number of rotatable bonds is 2. The Hall–Kier alpha value is -1.24. The molecule has 0 bridgehead atoms. The average Bonchev–Trinajstić information content (AvgIpc) is 2.37. The van der Waals surface area contributed by atoms with Crippen LogP contribution in [0.15, 0.2) is 24.3 Å². The fourth-order valence-corrected chi connectivity index (χ4v) is 3.36. The number of benzene rings is 1. The Morgan fingerprint density at radius 1 is 1.43 bits per heavy atom. The van der Waals surface area contributed by atoms with Crippen molar-refractivity contribution in [3.8, 4) is 0 Å².